The minimum atomic E-state index is -0.160. The van der Waals surface area contributed by atoms with Crippen LogP contribution in [0.4, 0.5) is 0 Å². The Balaban J connectivity index is 2.56. The first kappa shape index (κ1) is 10.8. The van der Waals surface area contributed by atoms with Crippen molar-refractivity contribution in [1.82, 2.24) is 4.98 Å². The molecule has 2 aromatic rings. The highest BCUT2D eigenvalue weighted by Crippen LogP contribution is 2.19. The lowest BCUT2D eigenvalue weighted by molar-refractivity contribution is 0.0935. The molecule has 82 valence electrons. The van der Waals surface area contributed by atoms with Crippen molar-refractivity contribution < 1.29 is 4.79 Å². The Kier molecular flexibility index (Phi) is 2.97. The SMILES string of the molecule is CC(CN)C(=O)c1cncc2ccccc12. The number of Topliss-reactive ketones (excluding diaryl/α,β-unsaturated/α-hetero) is 1. The van der Waals surface area contributed by atoms with Crippen molar-refractivity contribution in [1.29, 1.82) is 0 Å². The van der Waals surface area contributed by atoms with E-state index in [0.717, 1.165) is 10.8 Å². The molecule has 1 atom stereocenters. The van der Waals surface area contributed by atoms with E-state index >= 15 is 0 Å². The smallest absolute Gasteiger partial charge is 0.169 e. The lowest BCUT2D eigenvalue weighted by Crippen LogP contribution is -2.21. The number of hydrogen-bond acceptors (Lipinski definition) is 3. The van der Waals surface area contributed by atoms with Crippen LogP contribution in [0.1, 0.15) is 17.3 Å². The predicted molar refractivity (Wildman–Crippen MR) is 64.3 cm³/mol. The third-order valence-corrected chi connectivity index (χ3v) is 2.73. The van der Waals surface area contributed by atoms with Crippen LogP contribution in [0.25, 0.3) is 10.8 Å². The zero-order valence-electron chi connectivity index (χ0n) is 9.18. The zero-order valence-corrected chi connectivity index (χ0v) is 9.18. The molecule has 2 rings (SSSR count). The number of nitrogens with zero attached hydrogens (tertiary/aromatic N) is 1. The lowest BCUT2D eigenvalue weighted by atomic mass is 9.97. The maximum absolute atomic E-state index is 12.1. The van der Waals surface area contributed by atoms with Crippen LogP contribution in [0, 0.1) is 5.92 Å². The molecule has 0 saturated carbocycles. The van der Waals surface area contributed by atoms with Gasteiger partial charge in [-0.05, 0) is 5.39 Å². The molecular weight excluding hydrogens is 200 g/mol. The standard InChI is InChI=1S/C13H14N2O/c1-9(6-14)13(16)12-8-15-7-10-4-2-3-5-11(10)12/h2-5,7-9H,6,14H2,1H3. The van der Waals surface area contributed by atoms with Crippen LogP contribution in [-0.4, -0.2) is 17.3 Å². The molecule has 3 heteroatoms. The van der Waals surface area contributed by atoms with Gasteiger partial charge < -0.3 is 5.73 Å². The average molecular weight is 214 g/mol. The lowest BCUT2D eigenvalue weighted by Gasteiger charge is -2.09. The van der Waals surface area contributed by atoms with Gasteiger partial charge in [-0.2, -0.15) is 0 Å². The van der Waals surface area contributed by atoms with Gasteiger partial charge in [0.15, 0.2) is 5.78 Å². The highest BCUT2D eigenvalue weighted by Gasteiger charge is 2.16. The maximum Gasteiger partial charge on any atom is 0.169 e. The normalized spacial score (nSPS) is 12.6. The number of carbonyl (C=O) groups excluding carboxylic acids is 1. The molecule has 0 aliphatic rings. The minimum absolute atomic E-state index is 0.0619. The Morgan fingerprint density at radius 1 is 1.38 bits per heavy atom. The second-order valence-electron chi connectivity index (χ2n) is 3.91. The van der Waals surface area contributed by atoms with E-state index in [1.165, 1.54) is 0 Å². The minimum Gasteiger partial charge on any atom is -0.330 e. The van der Waals surface area contributed by atoms with Crippen LogP contribution in [0.2, 0.25) is 0 Å². The highest BCUT2D eigenvalue weighted by molar-refractivity contribution is 6.08. The molecule has 0 bridgehead atoms. The molecule has 1 heterocycles. The summed E-state index contributed by atoms with van der Waals surface area (Å²) in [5, 5.41) is 1.93. The van der Waals surface area contributed by atoms with Crippen LogP contribution in [0.3, 0.4) is 0 Å². The highest BCUT2D eigenvalue weighted by atomic mass is 16.1. The van der Waals surface area contributed by atoms with Crippen molar-refractivity contribution in [2.75, 3.05) is 6.54 Å². The topological polar surface area (TPSA) is 56.0 Å². The number of benzene rings is 1. The third-order valence-electron chi connectivity index (χ3n) is 2.73. The summed E-state index contributed by atoms with van der Waals surface area (Å²) < 4.78 is 0. The van der Waals surface area contributed by atoms with E-state index in [-0.39, 0.29) is 11.7 Å². The van der Waals surface area contributed by atoms with E-state index < -0.39 is 0 Å². The van der Waals surface area contributed by atoms with Gasteiger partial charge in [0.1, 0.15) is 0 Å². The number of aromatic nitrogens is 1. The van der Waals surface area contributed by atoms with E-state index in [1.807, 2.05) is 31.2 Å². The molecule has 1 aromatic heterocycles. The first-order valence-electron chi connectivity index (χ1n) is 5.31. The van der Waals surface area contributed by atoms with Gasteiger partial charge in [0.2, 0.25) is 0 Å². The van der Waals surface area contributed by atoms with Gasteiger partial charge in [0.05, 0.1) is 0 Å². The van der Waals surface area contributed by atoms with Gasteiger partial charge in [-0.3, -0.25) is 9.78 Å². The average Bonchev–Trinajstić information content (AvgIpc) is 2.36. The summed E-state index contributed by atoms with van der Waals surface area (Å²) in [5.41, 5.74) is 6.18. The molecule has 1 aromatic carbocycles. The number of hydrogen-bond donors (Lipinski definition) is 1. The van der Waals surface area contributed by atoms with Gasteiger partial charge in [0, 0.05) is 35.8 Å². The number of ketones is 1. The van der Waals surface area contributed by atoms with E-state index in [9.17, 15) is 4.79 Å². The number of fused-ring (bicyclic) bond motifs is 1. The van der Waals surface area contributed by atoms with Crippen molar-refractivity contribution in [2.45, 2.75) is 6.92 Å². The molecule has 0 radical (unpaired) electrons. The van der Waals surface area contributed by atoms with Gasteiger partial charge in [-0.15, -0.1) is 0 Å². The van der Waals surface area contributed by atoms with Crippen LogP contribution in [-0.2, 0) is 0 Å². The van der Waals surface area contributed by atoms with Gasteiger partial charge in [0.25, 0.3) is 0 Å². The quantitative estimate of drug-likeness (QED) is 0.795. The molecule has 1 unspecified atom stereocenters. The summed E-state index contributed by atoms with van der Waals surface area (Å²) in [5.74, 6) is -0.0978. The summed E-state index contributed by atoms with van der Waals surface area (Å²) in [4.78, 5) is 16.2. The van der Waals surface area contributed by atoms with Crippen molar-refractivity contribution in [3.05, 3.63) is 42.2 Å². The van der Waals surface area contributed by atoms with Crippen LogP contribution < -0.4 is 5.73 Å². The van der Waals surface area contributed by atoms with Crippen molar-refractivity contribution in [3.8, 4) is 0 Å². The maximum atomic E-state index is 12.1. The van der Waals surface area contributed by atoms with E-state index in [1.54, 1.807) is 12.4 Å². The summed E-state index contributed by atoms with van der Waals surface area (Å²) in [6, 6.07) is 7.75. The molecule has 0 aliphatic carbocycles. The second-order valence-corrected chi connectivity index (χ2v) is 3.91. The van der Waals surface area contributed by atoms with Crippen LogP contribution in [0.5, 0.6) is 0 Å². The Morgan fingerprint density at radius 2 is 2.12 bits per heavy atom. The Morgan fingerprint density at radius 3 is 2.88 bits per heavy atom. The summed E-state index contributed by atoms with van der Waals surface area (Å²) >= 11 is 0. The first-order valence-corrected chi connectivity index (χ1v) is 5.31. The fourth-order valence-corrected chi connectivity index (χ4v) is 1.69. The van der Waals surface area contributed by atoms with Crippen molar-refractivity contribution >= 4 is 16.6 Å². The molecule has 16 heavy (non-hydrogen) atoms. The fraction of sp³-hybridized carbons (Fsp3) is 0.231. The summed E-state index contributed by atoms with van der Waals surface area (Å²) in [7, 11) is 0. The number of nitrogens with two attached hydrogens (primary N) is 1. The molecule has 0 saturated heterocycles. The Hall–Kier alpha value is -1.74. The van der Waals surface area contributed by atoms with E-state index in [2.05, 4.69) is 4.98 Å². The van der Waals surface area contributed by atoms with Crippen LogP contribution in [0.15, 0.2) is 36.7 Å². The number of pyridine rings is 1. The molecule has 2 N–H and O–H groups in total. The number of rotatable bonds is 3. The molecular formula is C13H14N2O. The Bertz CT molecular complexity index is 517. The van der Waals surface area contributed by atoms with Gasteiger partial charge in [-0.25, -0.2) is 0 Å². The fourth-order valence-electron chi connectivity index (χ4n) is 1.69. The first-order chi connectivity index (χ1) is 7.74. The Labute approximate surface area is 94.3 Å². The van der Waals surface area contributed by atoms with Gasteiger partial charge in [-0.1, -0.05) is 31.2 Å². The second kappa shape index (κ2) is 4.41. The zero-order chi connectivity index (χ0) is 11.5. The van der Waals surface area contributed by atoms with Gasteiger partial charge >= 0.3 is 0 Å². The number of carbonyl (C=O) groups is 1. The summed E-state index contributed by atoms with van der Waals surface area (Å²) in [6.45, 7) is 2.20. The van der Waals surface area contributed by atoms with Crippen molar-refractivity contribution in [3.63, 3.8) is 0 Å². The molecule has 0 fully saturated rings. The predicted octanol–water partition coefficient (Wildman–Crippen LogP) is 2.01. The largest absolute Gasteiger partial charge is 0.330 e. The molecule has 0 spiro atoms. The summed E-state index contributed by atoms with van der Waals surface area (Å²) in [6.07, 6.45) is 3.38. The molecule has 3 nitrogen and oxygen atoms in total. The molecule has 0 amide bonds. The van der Waals surface area contributed by atoms with Crippen molar-refractivity contribution in [2.24, 2.45) is 11.7 Å². The van der Waals surface area contributed by atoms with E-state index in [4.69, 9.17) is 5.73 Å². The monoisotopic (exact) mass is 214 g/mol. The van der Waals surface area contributed by atoms with E-state index in [0.29, 0.717) is 12.1 Å². The third kappa shape index (κ3) is 1.82. The van der Waals surface area contributed by atoms with Crippen LogP contribution >= 0.6 is 0 Å². The molecule has 0 aliphatic heterocycles.